The van der Waals surface area contributed by atoms with Crippen LogP contribution in [-0.2, 0) is 4.79 Å². The van der Waals surface area contributed by atoms with Crippen LogP contribution in [0.4, 0.5) is 0 Å². The van der Waals surface area contributed by atoms with E-state index < -0.39 is 12.0 Å². The first-order valence-corrected chi connectivity index (χ1v) is 9.43. The van der Waals surface area contributed by atoms with Crippen molar-refractivity contribution < 1.29 is 14.7 Å². The predicted molar refractivity (Wildman–Crippen MR) is 105 cm³/mol. The molecule has 2 heterocycles. The number of carboxylic acids is 1. The molecule has 1 unspecified atom stereocenters. The van der Waals surface area contributed by atoms with Crippen molar-refractivity contribution in [3.8, 4) is 5.13 Å². The summed E-state index contributed by atoms with van der Waals surface area (Å²) in [6, 6.07) is 8.70. The molecule has 3 rings (SSSR count). The average Bonchev–Trinajstić information content (AvgIpc) is 3.22. The number of hydrogen-bond acceptors (Lipinski definition) is 4. The second-order valence-corrected chi connectivity index (χ2v) is 7.29. The summed E-state index contributed by atoms with van der Waals surface area (Å²) in [7, 11) is 0. The Labute approximate surface area is 161 Å². The number of rotatable bonds is 6. The highest BCUT2D eigenvalue weighted by Gasteiger charge is 2.23. The molecule has 0 aliphatic heterocycles. The number of thiazole rings is 1. The molecule has 0 fully saturated rings. The van der Waals surface area contributed by atoms with Gasteiger partial charge in [0.15, 0.2) is 5.13 Å². The fraction of sp³-hybridized carbons (Fsp3) is 0.250. The summed E-state index contributed by atoms with van der Waals surface area (Å²) in [6.45, 7) is 5.69. The highest BCUT2D eigenvalue weighted by molar-refractivity contribution is 7.12. The van der Waals surface area contributed by atoms with E-state index in [9.17, 15) is 14.7 Å². The maximum absolute atomic E-state index is 12.9. The highest BCUT2D eigenvalue weighted by atomic mass is 32.1. The summed E-state index contributed by atoms with van der Waals surface area (Å²) in [4.78, 5) is 28.6. The maximum Gasteiger partial charge on any atom is 0.305 e. The third-order valence-electron chi connectivity index (χ3n) is 4.53. The van der Waals surface area contributed by atoms with Gasteiger partial charge in [-0.2, -0.15) is 0 Å². The summed E-state index contributed by atoms with van der Waals surface area (Å²) in [5, 5.41) is 14.9. The minimum atomic E-state index is -0.961. The number of aryl methyl sites for hydroxylation is 2. The summed E-state index contributed by atoms with van der Waals surface area (Å²) in [5.41, 5.74) is 3.95. The van der Waals surface area contributed by atoms with E-state index in [0.29, 0.717) is 5.56 Å². The third-order valence-corrected chi connectivity index (χ3v) is 5.29. The summed E-state index contributed by atoms with van der Waals surface area (Å²) in [5.74, 6) is -1.25. The minimum Gasteiger partial charge on any atom is -0.481 e. The SMILES string of the molecule is Cc1ccccc1C(CC(=O)O)NC(=O)c1cc(C)n(-c2nccs2)c1C. The molecule has 3 aromatic rings. The summed E-state index contributed by atoms with van der Waals surface area (Å²) >= 11 is 1.49. The van der Waals surface area contributed by atoms with Crippen molar-refractivity contribution >= 4 is 23.2 Å². The Morgan fingerprint density at radius 2 is 2.00 bits per heavy atom. The number of aliphatic carboxylic acids is 1. The first kappa shape index (κ1) is 18.8. The van der Waals surface area contributed by atoms with Gasteiger partial charge in [0.2, 0.25) is 0 Å². The van der Waals surface area contributed by atoms with E-state index in [1.54, 1.807) is 6.20 Å². The van der Waals surface area contributed by atoms with Crippen LogP contribution >= 0.6 is 11.3 Å². The van der Waals surface area contributed by atoms with Crippen LogP contribution in [0, 0.1) is 20.8 Å². The first-order chi connectivity index (χ1) is 12.9. The zero-order valence-corrected chi connectivity index (χ0v) is 16.2. The van der Waals surface area contributed by atoms with E-state index in [0.717, 1.165) is 27.6 Å². The smallest absolute Gasteiger partial charge is 0.305 e. The largest absolute Gasteiger partial charge is 0.481 e. The maximum atomic E-state index is 12.9. The molecule has 7 heteroatoms. The number of carboxylic acid groups (broad SMARTS) is 1. The lowest BCUT2D eigenvalue weighted by Crippen LogP contribution is -2.31. The summed E-state index contributed by atoms with van der Waals surface area (Å²) < 4.78 is 1.93. The Morgan fingerprint density at radius 1 is 1.26 bits per heavy atom. The van der Waals surface area contributed by atoms with Crippen LogP contribution in [0.5, 0.6) is 0 Å². The number of benzene rings is 1. The lowest BCUT2D eigenvalue weighted by atomic mass is 9.98. The van der Waals surface area contributed by atoms with Crippen molar-refractivity contribution in [1.29, 1.82) is 0 Å². The molecule has 0 aliphatic rings. The normalized spacial score (nSPS) is 12.0. The van der Waals surface area contributed by atoms with Crippen LogP contribution in [0.3, 0.4) is 0 Å². The van der Waals surface area contributed by atoms with Crippen LogP contribution in [0.2, 0.25) is 0 Å². The number of nitrogens with zero attached hydrogens (tertiary/aromatic N) is 2. The molecule has 0 bridgehead atoms. The lowest BCUT2D eigenvalue weighted by molar-refractivity contribution is -0.137. The number of hydrogen-bond donors (Lipinski definition) is 2. The molecule has 1 aromatic carbocycles. The number of aromatic nitrogens is 2. The van der Waals surface area contributed by atoms with E-state index in [1.165, 1.54) is 11.3 Å². The van der Waals surface area contributed by atoms with Gasteiger partial charge in [-0.25, -0.2) is 4.98 Å². The molecule has 2 aromatic heterocycles. The van der Waals surface area contributed by atoms with Crippen LogP contribution in [-0.4, -0.2) is 26.5 Å². The Morgan fingerprint density at radius 3 is 2.63 bits per heavy atom. The molecule has 0 aliphatic carbocycles. The number of carbonyl (C=O) groups is 2. The van der Waals surface area contributed by atoms with Crippen LogP contribution in [0.25, 0.3) is 5.13 Å². The van der Waals surface area contributed by atoms with Crippen LogP contribution in [0.15, 0.2) is 41.9 Å². The average molecular weight is 383 g/mol. The molecular weight excluding hydrogens is 362 g/mol. The van der Waals surface area contributed by atoms with Gasteiger partial charge in [-0.3, -0.25) is 14.2 Å². The number of nitrogens with one attached hydrogen (secondary N) is 1. The Hall–Kier alpha value is -2.93. The molecule has 140 valence electrons. The second kappa shape index (κ2) is 7.75. The molecule has 6 nitrogen and oxygen atoms in total. The van der Waals surface area contributed by atoms with Crippen molar-refractivity contribution in [1.82, 2.24) is 14.9 Å². The molecule has 2 N–H and O–H groups in total. The molecule has 27 heavy (non-hydrogen) atoms. The van der Waals surface area contributed by atoms with Gasteiger partial charge in [-0.05, 0) is 38.0 Å². The molecule has 1 atom stereocenters. The Balaban J connectivity index is 1.92. The topological polar surface area (TPSA) is 84.2 Å². The van der Waals surface area contributed by atoms with Gasteiger partial charge in [0.05, 0.1) is 18.0 Å². The van der Waals surface area contributed by atoms with Gasteiger partial charge >= 0.3 is 5.97 Å². The first-order valence-electron chi connectivity index (χ1n) is 8.55. The number of amides is 1. The second-order valence-electron chi connectivity index (χ2n) is 6.42. The van der Waals surface area contributed by atoms with Crippen LogP contribution in [0.1, 0.15) is 45.3 Å². The molecule has 0 radical (unpaired) electrons. The predicted octanol–water partition coefficient (Wildman–Crippen LogP) is 3.80. The standard InChI is InChI=1S/C20H21N3O3S/c1-12-6-4-5-7-15(12)17(11-18(24)25)22-19(26)16-10-13(2)23(14(16)3)20-21-8-9-27-20/h4-10,17H,11H2,1-3H3,(H,22,26)(H,24,25). The monoisotopic (exact) mass is 383 g/mol. The van der Waals surface area contributed by atoms with Gasteiger partial charge in [0.25, 0.3) is 5.91 Å². The quantitative estimate of drug-likeness (QED) is 0.678. The number of carbonyl (C=O) groups excluding carboxylic acids is 1. The Bertz CT molecular complexity index is 977. The highest BCUT2D eigenvalue weighted by Crippen LogP contribution is 2.25. The van der Waals surface area contributed by atoms with E-state index in [1.807, 2.05) is 61.1 Å². The lowest BCUT2D eigenvalue weighted by Gasteiger charge is -2.19. The molecular formula is C20H21N3O3S. The van der Waals surface area contributed by atoms with Gasteiger partial charge in [-0.15, -0.1) is 11.3 Å². The van der Waals surface area contributed by atoms with Crippen molar-refractivity contribution in [3.63, 3.8) is 0 Å². The molecule has 0 saturated carbocycles. The van der Waals surface area contributed by atoms with Gasteiger partial charge in [0, 0.05) is 23.0 Å². The van der Waals surface area contributed by atoms with Crippen molar-refractivity contribution in [2.24, 2.45) is 0 Å². The van der Waals surface area contributed by atoms with E-state index in [2.05, 4.69) is 10.3 Å². The van der Waals surface area contributed by atoms with Crippen molar-refractivity contribution in [2.75, 3.05) is 0 Å². The van der Waals surface area contributed by atoms with Crippen molar-refractivity contribution in [2.45, 2.75) is 33.2 Å². The fourth-order valence-electron chi connectivity index (χ4n) is 3.24. The fourth-order valence-corrected chi connectivity index (χ4v) is 3.99. The molecule has 1 amide bonds. The zero-order chi connectivity index (χ0) is 19.6. The Kier molecular flexibility index (Phi) is 5.41. The minimum absolute atomic E-state index is 0.179. The van der Waals surface area contributed by atoms with Crippen molar-refractivity contribution in [3.05, 3.63) is 70.0 Å². The summed E-state index contributed by atoms with van der Waals surface area (Å²) in [6.07, 6.45) is 1.54. The van der Waals surface area contributed by atoms with E-state index in [4.69, 9.17) is 0 Å². The van der Waals surface area contributed by atoms with E-state index >= 15 is 0 Å². The van der Waals surface area contributed by atoms with Gasteiger partial charge in [-0.1, -0.05) is 24.3 Å². The van der Waals surface area contributed by atoms with E-state index in [-0.39, 0.29) is 12.3 Å². The zero-order valence-electron chi connectivity index (χ0n) is 15.4. The molecule has 0 saturated heterocycles. The third kappa shape index (κ3) is 3.93. The van der Waals surface area contributed by atoms with Gasteiger partial charge < -0.3 is 10.4 Å². The molecule has 0 spiro atoms. The van der Waals surface area contributed by atoms with Gasteiger partial charge in [0.1, 0.15) is 0 Å². The van der Waals surface area contributed by atoms with Crippen LogP contribution < -0.4 is 5.32 Å².